The van der Waals surface area contributed by atoms with E-state index in [9.17, 15) is 9.59 Å². The van der Waals surface area contributed by atoms with Gasteiger partial charge in [-0.15, -0.1) is 0 Å². The Bertz CT molecular complexity index is 395. The molecule has 84 valence electrons. The van der Waals surface area contributed by atoms with Crippen LogP contribution in [0.15, 0.2) is 36.9 Å². The van der Waals surface area contributed by atoms with Gasteiger partial charge in [-0.05, 0) is 30.2 Å². The van der Waals surface area contributed by atoms with Crippen LogP contribution in [0.3, 0.4) is 0 Å². The van der Waals surface area contributed by atoms with Crippen LogP contribution < -0.4 is 5.32 Å². The largest absolute Gasteiger partial charge is 0.478 e. The van der Waals surface area contributed by atoms with Crippen molar-refractivity contribution in [2.24, 2.45) is 0 Å². The molecule has 0 saturated carbocycles. The van der Waals surface area contributed by atoms with Crippen LogP contribution in [0.25, 0.3) is 0 Å². The topological polar surface area (TPSA) is 66.4 Å². The highest BCUT2D eigenvalue weighted by Gasteiger charge is 2.01. The van der Waals surface area contributed by atoms with Crippen LogP contribution in [0.2, 0.25) is 0 Å². The number of aromatic carboxylic acids is 1. The average Bonchev–Trinajstić information content (AvgIpc) is 2.29. The van der Waals surface area contributed by atoms with Crippen LogP contribution >= 0.6 is 0 Å². The Morgan fingerprint density at radius 2 is 1.94 bits per heavy atom. The molecule has 0 radical (unpaired) electrons. The number of nitrogens with one attached hydrogen (secondary N) is 1. The van der Waals surface area contributed by atoms with Gasteiger partial charge in [-0.25, -0.2) is 4.79 Å². The molecule has 0 saturated heterocycles. The molecule has 0 aromatic heterocycles. The zero-order valence-electron chi connectivity index (χ0n) is 8.77. The third-order valence-corrected chi connectivity index (χ3v) is 2.10. The third kappa shape index (κ3) is 3.57. The zero-order chi connectivity index (χ0) is 12.0. The van der Waals surface area contributed by atoms with Gasteiger partial charge in [0.2, 0.25) is 5.91 Å². The molecule has 0 fully saturated rings. The van der Waals surface area contributed by atoms with Crippen molar-refractivity contribution in [1.29, 1.82) is 0 Å². The summed E-state index contributed by atoms with van der Waals surface area (Å²) in [4.78, 5) is 21.4. The lowest BCUT2D eigenvalue weighted by molar-refractivity contribution is -0.116. The minimum absolute atomic E-state index is 0.206. The Hall–Kier alpha value is -2.10. The van der Waals surface area contributed by atoms with Gasteiger partial charge >= 0.3 is 5.97 Å². The molecule has 0 unspecified atom stereocenters. The van der Waals surface area contributed by atoms with Gasteiger partial charge in [0.25, 0.3) is 0 Å². The molecule has 0 atom stereocenters. The van der Waals surface area contributed by atoms with E-state index >= 15 is 0 Å². The SMILES string of the molecule is C=CC(=O)NCCc1ccc(C(=O)O)cc1. The van der Waals surface area contributed by atoms with E-state index in [1.807, 2.05) is 0 Å². The van der Waals surface area contributed by atoms with Crippen molar-refractivity contribution in [3.8, 4) is 0 Å². The number of rotatable bonds is 5. The first-order chi connectivity index (χ1) is 7.63. The summed E-state index contributed by atoms with van der Waals surface area (Å²) in [5, 5.41) is 11.3. The van der Waals surface area contributed by atoms with Gasteiger partial charge in [0, 0.05) is 6.54 Å². The van der Waals surface area contributed by atoms with Crippen LogP contribution in [0.4, 0.5) is 0 Å². The molecule has 0 spiro atoms. The maximum atomic E-state index is 10.8. The van der Waals surface area contributed by atoms with Crippen LogP contribution in [0, 0.1) is 0 Å². The van der Waals surface area contributed by atoms with Gasteiger partial charge < -0.3 is 10.4 Å². The highest BCUT2D eigenvalue weighted by atomic mass is 16.4. The molecule has 0 heterocycles. The van der Waals surface area contributed by atoms with E-state index in [4.69, 9.17) is 5.11 Å². The Balaban J connectivity index is 2.46. The van der Waals surface area contributed by atoms with Crippen LogP contribution in [0.5, 0.6) is 0 Å². The zero-order valence-corrected chi connectivity index (χ0v) is 8.77. The quantitative estimate of drug-likeness (QED) is 0.732. The number of hydrogen-bond donors (Lipinski definition) is 2. The Morgan fingerprint density at radius 3 is 2.44 bits per heavy atom. The highest BCUT2D eigenvalue weighted by molar-refractivity contribution is 5.87. The molecule has 1 rings (SSSR count). The Morgan fingerprint density at radius 1 is 1.31 bits per heavy atom. The molecule has 1 amide bonds. The molecule has 2 N–H and O–H groups in total. The fourth-order valence-electron chi connectivity index (χ4n) is 1.22. The van der Waals surface area contributed by atoms with E-state index in [0.29, 0.717) is 13.0 Å². The third-order valence-electron chi connectivity index (χ3n) is 2.10. The molecule has 0 bridgehead atoms. The van der Waals surface area contributed by atoms with Gasteiger partial charge in [0.05, 0.1) is 5.56 Å². The molecular weight excluding hydrogens is 206 g/mol. The van der Waals surface area contributed by atoms with Crippen molar-refractivity contribution in [3.63, 3.8) is 0 Å². The van der Waals surface area contributed by atoms with E-state index in [2.05, 4.69) is 11.9 Å². The van der Waals surface area contributed by atoms with Crippen molar-refractivity contribution in [1.82, 2.24) is 5.32 Å². The maximum Gasteiger partial charge on any atom is 0.335 e. The smallest absolute Gasteiger partial charge is 0.335 e. The summed E-state index contributed by atoms with van der Waals surface area (Å²) < 4.78 is 0. The summed E-state index contributed by atoms with van der Waals surface area (Å²) in [5.41, 5.74) is 1.24. The second-order valence-corrected chi connectivity index (χ2v) is 3.25. The second-order valence-electron chi connectivity index (χ2n) is 3.25. The maximum absolute atomic E-state index is 10.8. The summed E-state index contributed by atoms with van der Waals surface area (Å²) in [5.74, 6) is -1.14. The number of hydrogen-bond acceptors (Lipinski definition) is 2. The Kier molecular flexibility index (Phi) is 4.27. The van der Waals surface area contributed by atoms with Gasteiger partial charge in [0.15, 0.2) is 0 Å². The first-order valence-electron chi connectivity index (χ1n) is 4.86. The summed E-state index contributed by atoms with van der Waals surface area (Å²) >= 11 is 0. The van der Waals surface area contributed by atoms with Gasteiger partial charge in [-0.3, -0.25) is 4.79 Å². The molecular formula is C12H13NO3. The molecule has 16 heavy (non-hydrogen) atoms. The molecule has 0 aliphatic rings. The van der Waals surface area contributed by atoms with Crippen molar-refractivity contribution in [2.75, 3.05) is 6.54 Å². The number of carbonyl (C=O) groups excluding carboxylic acids is 1. The van der Waals surface area contributed by atoms with Crippen LogP contribution in [0.1, 0.15) is 15.9 Å². The lowest BCUT2D eigenvalue weighted by Crippen LogP contribution is -2.23. The van der Waals surface area contributed by atoms with Crippen LogP contribution in [-0.2, 0) is 11.2 Å². The summed E-state index contributed by atoms with van der Waals surface area (Å²) in [6.45, 7) is 3.85. The van der Waals surface area contributed by atoms with E-state index in [1.54, 1.807) is 24.3 Å². The van der Waals surface area contributed by atoms with E-state index < -0.39 is 5.97 Å². The Labute approximate surface area is 93.6 Å². The standard InChI is InChI=1S/C12H13NO3/c1-2-11(14)13-8-7-9-3-5-10(6-4-9)12(15)16/h2-6H,1,7-8H2,(H,13,14)(H,15,16). The predicted octanol–water partition coefficient (Wildman–Crippen LogP) is 1.23. The minimum atomic E-state index is -0.938. The molecule has 4 nitrogen and oxygen atoms in total. The first kappa shape index (κ1) is 12.0. The average molecular weight is 219 g/mol. The summed E-state index contributed by atoms with van der Waals surface area (Å²) in [7, 11) is 0. The summed E-state index contributed by atoms with van der Waals surface area (Å²) in [6, 6.07) is 6.58. The number of carboxylic acid groups (broad SMARTS) is 1. The van der Waals surface area contributed by atoms with Crippen molar-refractivity contribution in [3.05, 3.63) is 48.0 Å². The normalized spacial score (nSPS) is 9.50. The van der Waals surface area contributed by atoms with Crippen molar-refractivity contribution < 1.29 is 14.7 Å². The molecule has 0 aliphatic carbocycles. The minimum Gasteiger partial charge on any atom is -0.478 e. The lowest BCUT2D eigenvalue weighted by Gasteiger charge is -2.03. The van der Waals surface area contributed by atoms with Crippen LogP contribution in [-0.4, -0.2) is 23.5 Å². The molecule has 1 aromatic carbocycles. The van der Waals surface area contributed by atoms with E-state index in [1.165, 1.54) is 6.08 Å². The monoisotopic (exact) mass is 219 g/mol. The number of benzene rings is 1. The van der Waals surface area contributed by atoms with Gasteiger partial charge in [-0.1, -0.05) is 18.7 Å². The number of carbonyl (C=O) groups is 2. The molecule has 0 aliphatic heterocycles. The summed E-state index contributed by atoms with van der Waals surface area (Å²) in [6.07, 6.45) is 1.88. The molecule has 1 aromatic rings. The second kappa shape index (κ2) is 5.70. The van der Waals surface area contributed by atoms with Crippen molar-refractivity contribution in [2.45, 2.75) is 6.42 Å². The van der Waals surface area contributed by atoms with E-state index in [-0.39, 0.29) is 11.5 Å². The highest BCUT2D eigenvalue weighted by Crippen LogP contribution is 2.04. The lowest BCUT2D eigenvalue weighted by atomic mass is 10.1. The van der Waals surface area contributed by atoms with E-state index in [0.717, 1.165) is 5.56 Å². The predicted molar refractivity (Wildman–Crippen MR) is 60.3 cm³/mol. The van der Waals surface area contributed by atoms with Gasteiger partial charge in [-0.2, -0.15) is 0 Å². The molecule has 4 heteroatoms. The number of carboxylic acids is 1. The number of amides is 1. The van der Waals surface area contributed by atoms with Gasteiger partial charge in [0.1, 0.15) is 0 Å². The van der Waals surface area contributed by atoms with Crippen molar-refractivity contribution >= 4 is 11.9 Å². The fraction of sp³-hybridized carbons (Fsp3) is 0.167. The fourth-order valence-corrected chi connectivity index (χ4v) is 1.22. The first-order valence-corrected chi connectivity index (χ1v) is 4.86.